The third kappa shape index (κ3) is 0.659. The van der Waals surface area contributed by atoms with E-state index >= 15 is 0 Å². The monoisotopic (exact) mass is 179 g/mol. The average Bonchev–Trinajstić information content (AvgIpc) is 2.62. The van der Waals surface area contributed by atoms with Crippen molar-refractivity contribution in [2.45, 2.75) is 18.6 Å². The van der Waals surface area contributed by atoms with Crippen molar-refractivity contribution >= 4 is 11.8 Å². The zero-order valence-electron chi connectivity index (χ0n) is 7.11. The molecule has 0 unspecified atom stereocenters. The van der Waals surface area contributed by atoms with Crippen LogP contribution in [0.1, 0.15) is 6.92 Å². The van der Waals surface area contributed by atoms with Crippen LogP contribution >= 0.6 is 0 Å². The molecule has 2 amide bonds. The van der Waals surface area contributed by atoms with Gasteiger partial charge in [-0.25, -0.2) is 0 Å². The van der Waals surface area contributed by atoms with E-state index in [1.807, 2.05) is 19.1 Å². The van der Waals surface area contributed by atoms with Gasteiger partial charge in [-0.1, -0.05) is 12.2 Å². The first-order valence-corrected chi connectivity index (χ1v) is 4.34. The van der Waals surface area contributed by atoms with Crippen molar-refractivity contribution in [2.24, 2.45) is 11.8 Å². The molecule has 0 saturated carbocycles. The Morgan fingerprint density at radius 1 is 1.46 bits per heavy atom. The van der Waals surface area contributed by atoms with E-state index in [0.717, 1.165) is 0 Å². The molecular weight excluding hydrogens is 170 g/mol. The van der Waals surface area contributed by atoms with Gasteiger partial charge in [-0.05, 0) is 6.92 Å². The minimum absolute atomic E-state index is 0.187. The lowest BCUT2D eigenvalue weighted by Gasteiger charge is -2.21. The van der Waals surface area contributed by atoms with E-state index in [9.17, 15) is 9.59 Å². The highest BCUT2D eigenvalue weighted by molar-refractivity contribution is 6.07. The second-order valence-corrected chi connectivity index (χ2v) is 3.98. The number of nitrogens with one attached hydrogen (secondary N) is 1. The van der Waals surface area contributed by atoms with Gasteiger partial charge in [0.05, 0.1) is 23.5 Å². The minimum Gasteiger partial charge on any atom is -0.362 e. The van der Waals surface area contributed by atoms with Crippen LogP contribution in [0.5, 0.6) is 0 Å². The van der Waals surface area contributed by atoms with E-state index in [2.05, 4.69) is 5.32 Å². The van der Waals surface area contributed by atoms with Crippen molar-refractivity contribution in [1.29, 1.82) is 0 Å². The van der Waals surface area contributed by atoms with Crippen molar-refractivity contribution < 1.29 is 14.3 Å². The fourth-order valence-electron chi connectivity index (χ4n) is 2.58. The maximum absolute atomic E-state index is 11.4. The predicted octanol–water partition coefficient (Wildman–Crippen LogP) is -0.398. The first-order chi connectivity index (χ1) is 6.12. The number of hydrogen-bond donors (Lipinski definition) is 1. The summed E-state index contributed by atoms with van der Waals surface area (Å²) in [4.78, 5) is 22.8. The molecule has 68 valence electrons. The fourth-order valence-corrected chi connectivity index (χ4v) is 2.58. The normalized spacial score (nSPS) is 51.3. The van der Waals surface area contributed by atoms with E-state index < -0.39 is 5.60 Å². The third-order valence-electron chi connectivity index (χ3n) is 3.17. The van der Waals surface area contributed by atoms with Gasteiger partial charge in [-0.3, -0.25) is 14.9 Å². The molecule has 1 N–H and O–H groups in total. The molecule has 13 heavy (non-hydrogen) atoms. The SMILES string of the molecule is C[C@]12C=C[C@@H](O1)[C@H]1C(=O)NC(=O)[C@H]12. The fraction of sp³-hybridized carbons (Fsp3) is 0.556. The summed E-state index contributed by atoms with van der Waals surface area (Å²) in [7, 11) is 0. The quantitative estimate of drug-likeness (QED) is 0.406. The van der Waals surface area contributed by atoms with Gasteiger partial charge in [0.1, 0.15) is 0 Å². The van der Waals surface area contributed by atoms with Crippen molar-refractivity contribution in [2.75, 3.05) is 0 Å². The standard InChI is InChI=1S/C9H9NO3/c1-9-3-2-4(13-9)5-6(9)8(12)10-7(5)11/h2-6H,1H3,(H,10,11,12)/t4-,5-,6+,9-/m1/s1. The number of carbonyl (C=O) groups is 2. The molecule has 2 fully saturated rings. The summed E-state index contributed by atoms with van der Waals surface area (Å²) in [6, 6.07) is 0. The topological polar surface area (TPSA) is 55.4 Å². The summed E-state index contributed by atoms with van der Waals surface area (Å²) in [6.45, 7) is 1.85. The van der Waals surface area contributed by atoms with E-state index in [0.29, 0.717) is 0 Å². The maximum Gasteiger partial charge on any atom is 0.233 e. The Balaban J connectivity index is 2.13. The number of fused-ring (bicyclic) bond motifs is 5. The van der Waals surface area contributed by atoms with Gasteiger partial charge >= 0.3 is 0 Å². The molecule has 4 heteroatoms. The van der Waals surface area contributed by atoms with Crippen LogP contribution in [0, 0.1) is 11.8 Å². The lowest BCUT2D eigenvalue weighted by Crippen LogP contribution is -2.36. The molecule has 0 aliphatic carbocycles. The Kier molecular flexibility index (Phi) is 1.03. The molecule has 0 aromatic rings. The van der Waals surface area contributed by atoms with E-state index in [4.69, 9.17) is 4.74 Å². The average molecular weight is 179 g/mol. The first kappa shape index (κ1) is 7.26. The highest BCUT2D eigenvalue weighted by atomic mass is 16.5. The van der Waals surface area contributed by atoms with Crippen LogP contribution < -0.4 is 5.32 Å². The molecule has 4 atom stereocenters. The summed E-state index contributed by atoms with van der Waals surface area (Å²) >= 11 is 0. The van der Waals surface area contributed by atoms with E-state index in [1.165, 1.54) is 0 Å². The molecule has 0 aromatic heterocycles. The maximum atomic E-state index is 11.4. The number of hydrogen-bond acceptors (Lipinski definition) is 3. The molecule has 3 aliphatic rings. The van der Waals surface area contributed by atoms with Gasteiger partial charge in [-0.15, -0.1) is 0 Å². The summed E-state index contributed by atoms with van der Waals surface area (Å²) in [5, 5.41) is 2.35. The molecule has 3 aliphatic heterocycles. The molecular formula is C9H9NO3. The highest BCUT2D eigenvalue weighted by Crippen LogP contribution is 2.48. The van der Waals surface area contributed by atoms with Gasteiger partial charge in [0.15, 0.2) is 0 Å². The van der Waals surface area contributed by atoms with Crippen LogP contribution in [0.15, 0.2) is 12.2 Å². The molecule has 2 saturated heterocycles. The van der Waals surface area contributed by atoms with Crippen molar-refractivity contribution in [1.82, 2.24) is 5.32 Å². The number of ether oxygens (including phenoxy) is 1. The zero-order chi connectivity index (χ0) is 9.22. The lowest BCUT2D eigenvalue weighted by molar-refractivity contribution is -0.129. The Labute approximate surface area is 74.9 Å². The van der Waals surface area contributed by atoms with Gasteiger partial charge in [0.25, 0.3) is 0 Å². The van der Waals surface area contributed by atoms with Crippen LogP contribution in [0.25, 0.3) is 0 Å². The van der Waals surface area contributed by atoms with Crippen LogP contribution in [0.4, 0.5) is 0 Å². The molecule has 0 radical (unpaired) electrons. The van der Waals surface area contributed by atoms with E-state index in [-0.39, 0.29) is 29.8 Å². The van der Waals surface area contributed by atoms with Crippen LogP contribution in [-0.4, -0.2) is 23.5 Å². The Hall–Kier alpha value is -1.16. The Morgan fingerprint density at radius 2 is 2.23 bits per heavy atom. The minimum atomic E-state index is -0.550. The summed E-state index contributed by atoms with van der Waals surface area (Å²) in [5.41, 5.74) is -0.550. The number of imide groups is 1. The largest absolute Gasteiger partial charge is 0.362 e. The zero-order valence-corrected chi connectivity index (χ0v) is 7.11. The molecule has 3 rings (SSSR count). The lowest BCUT2D eigenvalue weighted by atomic mass is 9.78. The highest BCUT2D eigenvalue weighted by Gasteiger charge is 2.63. The predicted molar refractivity (Wildman–Crippen MR) is 42.5 cm³/mol. The van der Waals surface area contributed by atoms with E-state index in [1.54, 1.807) is 0 Å². The van der Waals surface area contributed by atoms with Crippen LogP contribution in [0.2, 0.25) is 0 Å². The van der Waals surface area contributed by atoms with Gasteiger partial charge in [-0.2, -0.15) is 0 Å². The molecule has 4 nitrogen and oxygen atoms in total. The number of rotatable bonds is 0. The van der Waals surface area contributed by atoms with Crippen molar-refractivity contribution in [3.63, 3.8) is 0 Å². The smallest absolute Gasteiger partial charge is 0.233 e. The second kappa shape index (κ2) is 1.85. The molecule has 0 aromatic carbocycles. The number of amides is 2. The van der Waals surface area contributed by atoms with Gasteiger partial charge in [0.2, 0.25) is 11.8 Å². The van der Waals surface area contributed by atoms with Crippen LogP contribution in [0.3, 0.4) is 0 Å². The van der Waals surface area contributed by atoms with Crippen molar-refractivity contribution in [3.8, 4) is 0 Å². The molecule has 2 bridgehead atoms. The third-order valence-corrected chi connectivity index (χ3v) is 3.17. The summed E-state index contributed by atoms with van der Waals surface area (Å²) in [5.74, 6) is -0.977. The molecule has 0 spiro atoms. The second-order valence-electron chi connectivity index (χ2n) is 3.98. The number of carbonyl (C=O) groups excluding carboxylic acids is 2. The van der Waals surface area contributed by atoms with Crippen molar-refractivity contribution in [3.05, 3.63) is 12.2 Å². The van der Waals surface area contributed by atoms with Gasteiger partial charge < -0.3 is 4.74 Å². The molecule has 3 heterocycles. The Morgan fingerprint density at radius 3 is 2.92 bits per heavy atom. The van der Waals surface area contributed by atoms with Gasteiger partial charge in [0, 0.05) is 0 Å². The summed E-state index contributed by atoms with van der Waals surface area (Å²) in [6.07, 6.45) is 3.57. The Bertz CT molecular complexity index is 349. The van der Waals surface area contributed by atoms with Crippen LogP contribution in [-0.2, 0) is 14.3 Å². The summed E-state index contributed by atoms with van der Waals surface area (Å²) < 4.78 is 5.57. The first-order valence-electron chi connectivity index (χ1n) is 4.34.